The number of hydrogen-bond donors (Lipinski definition) is 2. The van der Waals surface area contributed by atoms with E-state index in [1.807, 2.05) is 44.3 Å². The summed E-state index contributed by atoms with van der Waals surface area (Å²) in [5.41, 5.74) is 7.88. The molecular formula is C20H22N4O3S. The van der Waals surface area contributed by atoms with Gasteiger partial charge in [-0.05, 0) is 37.6 Å². The molecule has 1 aromatic heterocycles. The molecule has 3 aromatic rings. The summed E-state index contributed by atoms with van der Waals surface area (Å²) in [5, 5.41) is -0.802. The van der Waals surface area contributed by atoms with Gasteiger partial charge in [-0.3, -0.25) is 9.48 Å². The molecular weight excluding hydrogens is 376 g/mol. The molecule has 1 fully saturated rings. The summed E-state index contributed by atoms with van der Waals surface area (Å²) in [7, 11) is -1.72. The SMILES string of the molecule is Cc1c(C2CC(S(=O)(=O)c3ccccc3)NN2)c(=O)n(-c2ccccc2)n1C. The molecule has 0 aliphatic carbocycles. The number of benzene rings is 2. The monoisotopic (exact) mass is 398 g/mol. The number of rotatable bonds is 4. The molecule has 0 bridgehead atoms. The first kappa shape index (κ1) is 18.7. The molecule has 0 saturated carbocycles. The van der Waals surface area contributed by atoms with Crippen LogP contribution in [-0.4, -0.2) is 23.2 Å². The maximum absolute atomic E-state index is 13.1. The van der Waals surface area contributed by atoms with Crippen molar-refractivity contribution >= 4 is 9.84 Å². The Hall–Kier alpha value is -2.68. The number of sulfone groups is 1. The Morgan fingerprint density at radius 3 is 2.21 bits per heavy atom. The van der Waals surface area contributed by atoms with Crippen molar-refractivity contribution in [3.05, 3.63) is 82.3 Å². The van der Waals surface area contributed by atoms with E-state index < -0.39 is 21.3 Å². The summed E-state index contributed by atoms with van der Waals surface area (Å²) < 4.78 is 29.2. The molecule has 1 aliphatic rings. The standard InChI is InChI=1S/C20H22N4O3S/c1-14-19(20(25)24(23(14)2)15-9-5-3-6-10-15)17-13-18(22-21-17)28(26,27)16-11-7-4-8-12-16/h3-12,17-18,21-22H,13H2,1-2H3. The number of para-hydroxylation sites is 1. The molecule has 0 spiro atoms. The molecule has 7 nitrogen and oxygen atoms in total. The fourth-order valence-corrected chi connectivity index (χ4v) is 5.22. The highest BCUT2D eigenvalue weighted by atomic mass is 32.2. The van der Waals surface area contributed by atoms with Gasteiger partial charge in [-0.2, -0.15) is 0 Å². The van der Waals surface area contributed by atoms with Gasteiger partial charge in [0, 0.05) is 12.7 Å². The van der Waals surface area contributed by atoms with Crippen molar-refractivity contribution in [2.75, 3.05) is 0 Å². The Balaban J connectivity index is 1.68. The molecule has 1 saturated heterocycles. The Labute approximate surface area is 163 Å². The molecule has 2 heterocycles. The molecule has 28 heavy (non-hydrogen) atoms. The maximum atomic E-state index is 13.1. The lowest BCUT2D eigenvalue weighted by Gasteiger charge is -2.11. The number of hydrogen-bond acceptors (Lipinski definition) is 5. The van der Waals surface area contributed by atoms with Gasteiger partial charge in [-0.25, -0.2) is 24.0 Å². The Morgan fingerprint density at radius 1 is 0.964 bits per heavy atom. The number of hydrazine groups is 1. The molecule has 0 radical (unpaired) electrons. The first-order valence-corrected chi connectivity index (χ1v) is 10.6. The predicted molar refractivity (Wildman–Crippen MR) is 107 cm³/mol. The van der Waals surface area contributed by atoms with Crippen molar-refractivity contribution in [3.63, 3.8) is 0 Å². The van der Waals surface area contributed by atoms with Crippen molar-refractivity contribution in [2.24, 2.45) is 7.05 Å². The first-order chi connectivity index (χ1) is 13.4. The van der Waals surface area contributed by atoms with Crippen LogP contribution in [0.25, 0.3) is 5.69 Å². The van der Waals surface area contributed by atoms with E-state index in [9.17, 15) is 13.2 Å². The number of aromatic nitrogens is 2. The van der Waals surface area contributed by atoms with Crippen molar-refractivity contribution < 1.29 is 8.42 Å². The zero-order valence-electron chi connectivity index (χ0n) is 15.7. The second-order valence-corrected chi connectivity index (χ2v) is 9.03. The van der Waals surface area contributed by atoms with E-state index in [4.69, 9.17) is 0 Å². The Morgan fingerprint density at radius 2 is 1.57 bits per heavy atom. The molecule has 4 rings (SSSR count). The highest BCUT2D eigenvalue weighted by Gasteiger charge is 2.38. The third-order valence-corrected chi connectivity index (χ3v) is 7.25. The van der Waals surface area contributed by atoms with Crippen LogP contribution in [0.5, 0.6) is 0 Å². The van der Waals surface area contributed by atoms with Crippen LogP contribution >= 0.6 is 0 Å². The van der Waals surface area contributed by atoms with Crippen molar-refractivity contribution in [3.8, 4) is 5.69 Å². The third kappa shape index (κ3) is 2.99. The average molecular weight is 398 g/mol. The predicted octanol–water partition coefficient (Wildman–Crippen LogP) is 1.82. The zero-order valence-corrected chi connectivity index (χ0v) is 16.5. The topological polar surface area (TPSA) is 85.1 Å². The average Bonchev–Trinajstić information content (AvgIpc) is 3.27. The van der Waals surface area contributed by atoms with Crippen LogP contribution < -0.4 is 16.4 Å². The quantitative estimate of drug-likeness (QED) is 0.700. The summed E-state index contributed by atoms with van der Waals surface area (Å²) in [5.74, 6) is 0. The van der Waals surface area contributed by atoms with Crippen LogP contribution in [0.4, 0.5) is 0 Å². The first-order valence-electron chi connectivity index (χ1n) is 9.05. The van der Waals surface area contributed by atoms with Gasteiger partial charge in [0.25, 0.3) is 5.56 Å². The van der Waals surface area contributed by atoms with Gasteiger partial charge in [0.1, 0.15) is 5.37 Å². The van der Waals surface area contributed by atoms with Crippen LogP contribution in [0.3, 0.4) is 0 Å². The smallest absolute Gasteiger partial charge is 0.276 e. The third-order valence-electron chi connectivity index (χ3n) is 5.26. The lowest BCUT2D eigenvalue weighted by molar-refractivity contribution is 0.552. The van der Waals surface area contributed by atoms with E-state index in [0.29, 0.717) is 5.56 Å². The molecule has 0 amide bonds. The van der Waals surface area contributed by atoms with Crippen molar-refractivity contribution in [1.82, 2.24) is 20.2 Å². The van der Waals surface area contributed by atoms with Crippen molar-refractivity contribution in [2.45, 2.75) is 29.7 Å². The number of nitrogens with one attached hydrogen (secondary N) is 2. The summed E-state index contributed by atoms with van der Waals surface area (Å²) >= 11 is 0. The minimum atomic E-state index is -3.55. The Kier molecular flexibility index (Phi) is 4.70. The fourth-order valence-electron chi connectivity index (χ4n) is 3.68. The van der Waals surface area contributed by atoms with Gasteiger partial charge in [-0.1, -0.05) is 36.4 Å². The van der Waals surface area contributed by atoms with Crippen LogP contribution in [0.15, 0.2) is 70.4 Å². The summed E-state index contributed by atoms with van der Waals surface area (Å²) in [6.07, 6.45) is 0.270. The van der Waals surface area contributed by atoms with E-state index in [1.54, 1.807) is 39.7 Å². The van der Waals surface area contributed by atoms with E-state index in [1.165, 1.54) is 0 Å². The summed E-state index contributed by atoms with van der Waals surface area (Å²) in [4.78, 5) is 13.4. The molecule has 2 aromatic carbocycles. The van der Waals surface area contributed by atoms with E-state index in [-0.39, 0.29) is 16.9 Å². The molecule has 2 N–H and O–H groups in total. The number of nitrogens with zero attached hydrogens (tertiary/aromatic N) is 2. The van der Waals surface area contributed by atoms with E-state index in [0.717, 1.165) is 11.4 Å². The van der Waals surface area contributed by atoms with Gasteiger partial charge in [0.15, 0.2) is 9.84 Å². The van der Waals surface area contributed by atoms with Gasteiger partial charge >= 0.3 is 0 Å². The lowest BCUT2D eigenvalue weighted by atomic mass is 10.1. The normalized spacial score (nSPS) is 19.8. The lowest BCUT2D eigenvalue weighted by Crippen LogP contribution is -2.36. The van der Waals surface area contributed by atoms with Crippen LogP contribution in [-0.2, 0) is 16.9 Å². The second-order valence-electron chi connectivity index (χ2n) is 6.90. The molecule has 2 atom stereocenters. The van der Waals surface area contributed by atoms with Gasteiger partial charge in [0.2, 0.25) is 0 Å². The van der Waals surface area contributed by atoms with Crippen LogP contribution in [0.1, 0.15) is 23.7 Å². The largest absolute Gasteiger partial charge is 0.285 e. The maximum Gasteiger partial charge on any atom is 0.276 e. The highest BCUT2D eigenvalue weighted by molar-refractivity contribution is 7.92. The van der Waals surface area contributed by atoms with Gasteiger partial charge in [0.05, 0.1) is 22.2 Å². The van der Waals surface area contributed by atoms with E-state index >= 15 is 0 Å². The molecule has 1 aliphatic heterocycles. The Bertz CT molecular complexity index is 1150. The summed E-state index contributed by atoms with van der Waals surface area (Å²) in [6.45, 7) is 1.87. The highest BCUT2D eigenvalue weighted by Crippen LogP contribution is 2.28. The van der Waals surface area contributed by atoms with Gasteiger partial charge < -0.3 is 0 Å². The second kappa shape index (κ2) is 7.05. The van der Waals surface area contributed by atoms with Crippen LogP contribution in [0.2, 0.25) is 0 Å². The van der Waals surface area contributed by atoms with Gasteiger partial charge in [-0.15, -0.1) is 0 Å². The fraction of sp³-hybridized carbons (Fsp3) is 0.250. The zero-order chi connectivity index (χ0) is 19.9. The minimum Gasteiger partial charge on any atom is -0.285 e. The molecule has 2 unspecified atom stereocenters. The van der Waals surface area contributed by atoms with Crippen molar-refractivity contribution in [1.29, 1.82) is 0 Å². The van der Waals surface area contributed by atoms with E-state index in [2.05, 4.69) is 10.9 Å². The van der Waals surface area contributed by atoms with Crippen LogP contribution in [0, 0.1) is 6.92 Å². The molecule has 8 heteroatoms. The summed E-state index contributed by atoms with van der Waals surface area (Å²) in [6, 6.07) is 17.3. The minimum absolute atomic E-state index is 0.150. The molecule has 146 valence electrons.